The molecule has 2 fully saturated rings. The van der Waals surface area contributed by atoms with Crippen LogP contribution in [0.5, 0.6) is 5.75 Å². The van der Waals surface area contributed by atoms with Gasteiger partial charge in [0, 0.05) is 13.3 Å². The molecule has 2 aliphatic rings. The molecule has 41 heavy (non-hydrogen) atoms. The van der Waals surface area contributed by atoms with Crippen molar-refractivity contribution in [2.24, 2.45) is 16.6 Å². The van der Waals surface area contributed by atoms with E-state index in [1.165, 1.54) is 30.6 Å². The van der Waals surface area contributed by atoms with Gasteiger partial charge in [-0.3, -0.25) is 4.99 Å². The number of rotatable bonds is 12. The van der Waals surface area contributed by atoms with Gasteiger partial charge in [-0.2, -0.15) is 4.98 Å². The molecule has 0 radical (unpaired) electrons. The average Bonchev–Trinajstić information content (AvgIpc) is 3.75. The highest BCUT2D eigenvalue weighted by molar-refractivity contribution is 7.95. The highest BCUT2D eigenvalue weighted by atomic mass is 35.5. The van der Waals surface area contributed by atoms with E-state index in [9.17, 15) is 8.42 Å². The normalized spacial score (nSPS) is 17.6. The van der Waals surface area contributed by atoms with Crippen LogP contribution in [-0.2, 0) is 9.84 Å². The zero-order chi connectivity index (χ0) is 29.7. The maximum absolute atomic E-state index is 12.8. The maximum atomic E-state index is 12.8. The Labute approximate surface area is 248 Å². The molecule has 0 amide bonds. The third-order valence-electron chi connectivity index (χ3n) is 7.32. The average molecular weight is 604 g/mol. The van der Waals surface area contributed by atoms with Crippen molar-refractivity contribution in [3.05, 3.63) is 45.2 Å². The Balaban J connectivity index is 1.62. The number of piperidine rings is 1. The summed E-state index contributed by atoms with van der Waals surface area (Å²) in [5.74, 6) is 1.56. The van der Waals surface area contributed by atoms with Crippen LogP contribution in [-0.4, -0.2) is 68.0 Å². The van der Waals surface area contributed by atoms with Gasteiger partial charge >= 0.3 is 0 Å². The molecular weight excluding hydrogens is 562 g/mol. The Hall–Kier alpha value is -2.89. The molecule has 2 heterocycles. The third kappa shape index (κ3) is 8.11. The number of halogens is 1. The number of allylic oxidation sites excluding steroid dienone is 1. The number of sulfone groups is 1. The molecule has 0 spiro atoms. The maximum Gasteiger partial charge on any atom is 0.229 e. The van der Waals surface area contributed by atoms with Crippen LogP contribution in [0.4, 0.5) is 17.5 Å². The number of nitrogens with zero attached hydrogens (tertiary/aromatic N) is 4. The SMILES string of the molecule is CCN1CCC(c2cc(OC3CC3)c(Nc3ncc(Cl)c(NC(C=NC)=C(N)S(=O)(=O)CC(C)C)n3)cc2C)CC1. The molecule has 0 unspecified atom stereocenters. The van der Waals surface area contributed by atoms with Crippen molar-refractivity contribution in [2.45, 2.75) is 65.4 Å². The smallest absolute Gasteiger partial charge is 0.229 e. The number of nitrogens with one attached hydrogen (secondary N) is 2. The van der Waals surface area contributed by atoms with Crippen molar-refractivity contribution in [2.75, 3.05) is 43.1 Å². The van der Waals surface area contributed by atoms with Crippen LogP contribution in [0, 0.1) is 12.8 Å². The zero-order valence-electron chi connectivity index (χ0n) is 24.6. The summed E-state index contributed by atoms with van der Waals surface area (Å²) in [5, 5.41) is 6.13. The summed E-state index contributed by atoms with van der Waals surface area (Å²) in [6, 6.07) is 4.27. The van der Waals surface area contributed by atoms with Gasteiger partial charge in [0.2, 0.25) is 5.95 Å². The minimum Gasteiger partial charge on any atom is -0.488 e. The lowest BCUT2D eigenvalue weighted by Crippen LogP contribution is -2.32. The second-order valence-electron chi connectivity index (χ2n) is 11.2. The first-order valence-corrected chi connectivity index (χ1v) is 16.3. The number of nitrogens with two attached hydrogens (primary N) is 1. The summed E-state index contributed by atoms with van der Waals surface area (Å²) < 4.78 is 31.9. The number of aliphatic imine (C=N–C) groups is 1. The monoisotopic (exact) mass is 603 g/mol. The van der Waals surface area contributed by atoms with Crippen LogP contribution < -0.4 is 21.1 Å². The first-order chi connectivity index (χ1) is 19.5. The van der Waals surface area contributed by atoms with Gasteiger partial charge in [0.1, 0.15) is 10.8 Å². The van der Waals surface area contributed by atoms with Gasteiger partial charge < -0.3 is 26.0 Å². The minimum atomic E-state index is -3.72. The first kappa shape index (κ1) is 31.1. The van der Waals surface area contributed by atoms with Gasteiger partial charge in [0.15, 0.2) is 20.7 Å². The van der Waals surface area contributed by atoms with Gasteiger partial charge in [-0.25, -0.2) is 13.4 Å². The molecule has 1 aromatic carbocycles. The fourth-order valence-electron chi connectivity index (χ4n) is 5.01. The van der Waals surface area contributed by atoms with E-state index in [0.29, 0.717) is 5.92 Å². The molecule has 0 atom stereocenters. The Morgan fingerprint density at radius 1 is 1.27 bits per heavy atom. The molecule has 4 rings (SSSR count). The molecule has 2 aromatic rings. The van der Waals surface area contributed by atoms with E-state index in [-0.39, 0.29) is 45.3 Å². The van der Waals surface area contributed by atoms with Crippen LogP contribution >= 0.6 is 11.6 Å². The number of ether oxygens (including phenoxy) is 1. The number of aromatic nitrogens is 2. The van der Waals surface area contributed by atoms with Crippen molar-refractivity contribution in [1.82, 2.24) is 14.9 Å². The summed E-state index contributed by atoms with van der Waals surface area (Å²) in [6.45, 7) is 11.3. The highest BCUT2D eigenvalue weighted by Gasteiger charge is 2.28. The third-order valence-corrected chi connectivity index (χ3v) is 9.59. The van der Waals surface area contributed by atoms with Gasteiger partial charge in [0.05, 0.1) is 29.4 Å². The molecule has 12 heteroatoms. The summed E-state index contributed by atoms with van der Waals surface area (Å²) in [6.07, 6.45) is 7.35. The summed E-state index contributed by atoms with van der Waals surface area (Å²) in [4.78, 5) is 15.4. The molecule has 1 aromatic heterocycles. The Morgan fingerprint density at radius 3 is 2.59 bits per heavy atom. The summed E-state index contributed by atoms with van der Waals surface area (Å²) >= 11 is 6.41. The highest BCUT2D eigenvalue weighted by Crippen LogP contribution is 2.40. The van der Waals surface area contributed by atoms with Crippen LogP contribution in [0.1, 0.15) is 63.5 Å². The molecule has 1 saturated heterocycles. The number of aryl methyl sites for hydroxylation is 1. The van der Waals surface area contributed by atoms with Crippen LogP contribution in [0.25, 0.3) is 0 Å². The van der Waals surface area contributed by atoms with Crippen molar-refractivity contribution >= 4 is 45.1 Å². The van der Waals surface area contributed by atoms with Crippen LogP contribution in [0.15, 0.2) is 34.0 Å². The van der Waals surface area contributed by atoms with E-state index in [0.717, 1.165) is 56.8 Å². The van der Waals surface area contributed by atoms with E-state index in [4.69, 9.17) is 22.1 Å². The van der Waals surface area contributed by atoms with E-state index >= 15 is 0 Å². The second-order valence-corrected chi connectivity index (χ2v) is 13.6. The fraction of sp³-hybridized carbons (Fsp3) is 0.552. The number of hydrogen-bond donors (Lipinski definition) is 3. The van der Waals surface area contributed by atoms with Crippen LogP contribution in [0.2, 0.25) is 5.02 Å². The molecule has 4 N–H and O–H groups in total. The number of hydrogen-bond acceptors (Lipinski definition) is 10. The summed E-state index contributed by atoms with van der Waals surface area (Å²) in [5.41, 5.74) is 9.45. The number of anilines is 3. The molecular formula is C29H42ClN7O3S. The Morgan fingerprint density at radius 2 is 1.98 bits per heavy atom. The van der Waals surface area contributed by atoms with E-state index < -0.39 is 9.84 Å². The lowest BCUT2D eigenvalue weighted by molar-refractivity contribution is 0.222. The zero-order valence-corrected chi connectivity index (χ0v) is 26.1. The predicted octanol–water partition coefficient (Wildman–Crippen LogP) is 5.23. The van der Waals surface area contributed by atoms with Gasteiger partial charge in [-0.1, -0.05) is 32.4 Å². The molecule has 10 nitrogen and oxygen atoms in total. The Kier molecular flexibility index (Phi) is 10.1. The summed E-state index contributed by atoms with van der Waals surface area (Å²) in [7, 11) is -2.20. The van der Waals surface area contributed by atoms with Crippen molar-refractivity contribution in [3.8, 4) is 5.75 Å². The van der Waals surface area contributed by atoms with E-state index in [1.54, 1.807) is 0 Å². The molecule has 224 valence electrons. The Bertz CT molecular complexity index is 1400. The van der Waals surface area contributed by atoms with E-state index in [2.05, 4.69) is 56.5 Å². The second kappa shape index (κ2) is 13.4. The molecule has 0 bridgehead atoms. The van der Waals surface area contributed by atoms with Crippen molar-refractivity contribution < 1.29 is 13.2 Å². The molecule has 1 aliphatic heterocycles. The lowest BCUT2D eigenvalue weighted by atomic mass is 9.86. The quantitative estimate of drug-likeness (QED) is 0.279. The first-order valence-electron chi connectivity index (χ1n) is 14.3. The van der Waals surface area contributed by atoms with Gasteiger partial charge in [-0.15, -0.1) is 0 Å². The van der Waals surface area contributed by atoms with E-state index in [1.807, 2.05) is 13.8 Å². The molecule has 1 aliphatic carbocycles. The standard InChI is InChI=1S/C29H42ClN7O3S/c1-6-37-11-9-20(10-12-37)22-14-26(40-21-7-8-21)24(13-19(22)4)35-29-33-15-23(30)28(36-29)34-25(16-32-5)27(31)41(38,39)17-18(2)3/h13-16,18,20-21H,6-12,17,31H2,1-5H3,(H2,33,34,35,36). The van der Waals surface area contributed by atoms with Crippen molar-refractivity contribution in [1.29, 1.82) is 0 Å². The number of benzene rings is 1. The fourth-order valence-corrected chi connectivity index (χ4v) is 6.64. The van der Waals surface area contributed by atoms with Crippen LogP contribution in [0.3, 0.4) is 0 Å². The molecule has 1 saturated carbocycles. The number of likely N-dealkylation sites (tertiary alicyclic amines) is 1. The largest absolute Gasteiger partial charge is 0.488 e. The topological polar surface area (TPSA) is 135 Å². The van der Waals surface area contributed by atoms with Crippen molar-refractivity contribution in [3.63, 3.8) is 0 Å². The predicted molar refractivity (Wildman–Crippen MR) is 167 cm³/mol. The minimum absolute atomic E-state index is 0.0896. The van der Waals surface area contributed by atoms with Gasteiger partial charge in [-0.05, 0) is 87.3 Å². The van der Waals surface area contributed by atoms with Gasteiger partial charge in [0.25, 0.3) is 0 Å². The lowest BCUT2D eigenvalue weighted by Gasteiger charge is -2.32.